The van der Waals surface area contributed by atoms with Crippen LogP contribution in [0.15, 0.2) is 23.2 Å². The number of nitrogens with one attached hydrogen (secondary N) is 1. The normalized spacial score (nSPS) is 16.9. The van der Waals surface area contributed by atoms with Crippen molar-refractivity contribution in [3.05, 3.63) is 41.4 Å². The molecule has 0 aromatic carbocycles. The van der Waals surface area contributed by atoms with Crippen LogP contribution in [0, 0.1) is 13.8 Å². The Morgan fingerprint density at radius 1 is 1.28 bits per heavy atom. The number of fused-ring (bicyclic) bond motifs is 1. The van der Waals surface area contributed by atoms with E-state index < -0.39 is 5.54 Å². The average molecular weight is 342 g/mol. The Balaban J connectivity index is 1.69. The third-order valence-corrected chi connectivity index (χ3v) is 4.58. The van der Waals surface area contributed by atoms with Gasteiger partial charge in [0.05, 0.1) is 17.0 Å². The number of hydrogen-bond acceptors (Lipinski definition) is 7. The number of nitrogens with zero attached hydrogens (tertiary/aromatic N) is 5. The Kier molecular flexibility index (Phi) is 3.72. The summed E-state index contributed by atoms with van der Waals surface area (Å²) in [6, 6.07) is 1.87. The molecule has 0 bridgehead atoms. The molecule has 0 saturated carbocycles. The number of aryl methyl sites for hydroxylation is 2. The summed E-state index contributed by atoms with van der Waals surface area (Å²) in [4.78, 5) is 21.4. The van der Waals surface area contributed by atoms with E-state index in [0.29, 0.717) is 43.1 Å². The van der Waals surface area contributed by atoms with Gasteiger partial charge in [-0.1, -0.05) is 5.16 Å². The fraction of sp³-hybridized carbons (Fsp3) is 0.438. The van der Waals surface area contributed by atoms with E-state index in [0.717, 1.165) is 11.4 Å². The smallest absolute Gasteiger partial charge is 0.255 e. The van der Waals surface area contributed by atoms with Gasteiger partial charge in [-0.25, -0.2) is 9.50 Å². The molecule has 0 spiro atoms. The molecule has 1 amide bonds. The Morgan fingerprint density at radius 3 is 2.80 bits per heavy atom. The summed E-state index contributed by atoms with van der Waals surface area (Å²) in [6.45, 7) is 4.77. The number of hydrogen-bond donors (Lipinski definition) is 1. The summed E-state index contributed by atoms with van der Waals surface area (Å²) in [5.41, 5.74) is 2.05. The summed E-state index contributed by atoms with van der Waals surface area (Å²) in [5, 5.41) is 11.4. The van der Waals surface area contributed by atoms with E-state index in [2.05, 4.69) is 25.5 Å². The first-order valence-electron chi connectivity index (χ1n) is 8.08. The molecule has 130 valence electrons. The highest BCUT2D eigenvalue weighted by Gasteiger charge is 2.40. The zero-order valence-corrected chi connectivity index (χ0v) is 14.0. The summed E-state index contributed by atoms with van der Waals surface area (Å²) in [7, 11) is 0. The van der Waals surface area contributed by atoms with Gasteiger partial charge in [0.1, 0.15) is 5.54 Å². The van der Waals surface area contributed by atoms with Crippen molar-refractivity contribution in [2.24, 2.45) is 0 Å². The first kappa shape index (κ1) is 15.7. The Bertz CT molecular complexity index is 911. The van der Waals surface area contributed by atoms with Crippen LogP contribution in [0.25, 0.3) is 5.65 Å². The second-order valence-corrected chi connectivity index (χ2v) is 6.22. The molecular weight excluding hydrogens is 324 g/mol. The zero-order chi connectivity index (χ0) is 17.4. The number of rotatable bonds is 3. The molecule has 9 heteroatoms. The van der Waals surface area contributed by atoms with E-state index in [1.807, 2.05) is 19.9 Å². The van der Waals surface area contributed by atoms with Gasteiger partial charge >= 0.3 is 0 Å². The van der Waals surface area contributed by atoms with E-state index in [4.69, 9.17) is 9.26 Å². The number of carbonyl (C=O) groups excluding carboxylic acids is 1. The second kappa shape index (κ2) is 5.92. The summed E-state index contributed by atoms with van der Waals surface area (Å²) in [5.74, 6) is 0.220. The molecule has 1 N–H and O–H groups in total. The van der Waals surface area contributed by atoms with Gasteiger partial charge < -0.3 is 14.6 Å². The molecule has 1 aliphatic rings. The highest BCUT2D eigenvalue weighted by atomic mass is 16.5. The Labute approximate surface area is 143 Å². The SMILES string of the molecule is Cc1cc2ncc(C(=O)NC3(c4ncon4)CCOCC3)c(C)n2n1. The lowest BCUT2D eigenvalue weighted by molar-refractivity contribution is 0.0305. The van der Waals surface area contributed by atoms with Crippen LogP contribution in [0.1, 0.15) is 40.4 Å². The maximum Gasteiger partial charge on any atom is 0.255 e. The van der Waals surface area contributed by atoms with Crippen LogP contribution in [-0.2, 0) is 10.3 Å². The van der Waals surface area contributed by atoms with Crippen molar-refractivity contribution >= 4 is 11.6 Å². The molecule has 4 rings (SSSR count). The maximum absolute atomic E-state index is 13.0. The van der Waals surface area contributed by atoms with Crippen LogP contribution in [0.5, 0.6) is 0 Å². The first-order valence-corrected chi connectivity index (χ1v) is 8.08. The lowest BCUT2D eigenvalue weighted by Gasteiger charge is -2.35. The molecule has 3 aromatic heterocycles. The average Bonchev–Trinajstić information content (AvgIpc) is 3.25. The van der Waals surface area contributed by atoms with E-state index in [1.54, 1.807) is 10.7 Å². The zero-order valence-electron chi connectivity index (χ0n) is 14.0. The fourth-order valence-corrected chi connectivity index (χ4v) is 3.18. The third kappa shape index (κ3) is 2.66. The van der Waals surface area contributed by atoms with E-state index in [1.165, 1.54) is 6.39 Å². The summed E-state index contributed by atoms with van der Waals surface area (Å²) < 4.78 is 12.0. The molecule has 9 nitrogen and oxygen atoms in total. The van der Waals surface area contributed by atoms with Gasteiger partial charge in [0, 0.05) is 38.3 Å². The minimum Gasteiger partial charge on any atom is -0.381 e. The van der Waals surface area contributed by atoms with Crippen LogP contribution in [0.3, 0.4) is 0 Å². The van der Waals surface area contributed by atoms with Crippen molar-refractivity contribution in [3.63, 3.8) is 0 Å². The fourth-order valence-electron chi connectivity index (χ4n) is 3.18. The number of ether oxygens (including phenoxy) is 1. The van der Waals surface area contributed by atoms with Gasteiger partial charge in [-0.3, -0.25) is 4.79 Å². The second-order valence-electron chi connectivity index (χ2n) is 6.22. The van der Waals surface area contributed by atoms with Crippen molar-refractivity contribution in [2.75, 3.05) is 13.2 Å². The van der Waals surface area contributed by atoms with Crippen molar-refractivity contribution in [1.29, 1.82) is 0 Å². The van der Waals surface area contributed by atoms with Gasteiger partial charge in [0.25, 0.3) is 5.91 Å². The molecule has 3 aromatic rings. The predicted molar refractivity (Wildman–Crippen MR) is 86.0 cm³/mol. The predicted octanol–water partition coefficient (Wildman–Crippen LogP) is 1.16. The van der Waals surface area contributed by atoms with Gasteiger partial charge in [-0.15, -0.1) is 0 Å². The molecule has 0 aliphatic carbocycles. The Morgan fingerprint density at radius 2 is 2.08 bits per heavy atom. The third-order valence-electron chi connectivity index (χ3n) is 4.58. The molecule has 0 unspecified atom stereocenters. The molecule has 4 heterocycles. The van der Waals surface area contributed by atoms with Crippen LogP contribution in [0.2, 0.25) is 0 Å². The van der Waals surface area contributed by atoms with Crippen molar-refractivity contribution in [2.45, 2.75) is 32.2 Å². The monoisotopic (exact) mass is 342 g/mol. The van der Waals surface area contributed by atoms with Gasteiger partial charge in [0.2, 0.25) is 6.39 Å². The van der Waals surface area contributed by atoms with Crippen molar-refractivity contribution in [3.8, 4) is 0 Å². The molecule has 0 radical (unpaired) electrons. The summed E-state index contributed by atoms with van der Waals surface area (Å²) >= 11 is 0. The first-order chi connectivity index (χ1) is 12.1. The van der Waals surface area contributed by atoms with Crippen LogP contribution in [0.4, 0.5) is 0 Å². The largest absolute Gasteiger partial charge is 0.381 e. The minimum atomic E-state index is -0.705. The molecule has 25 heavy (non-hydrogen) atoms. The molecule has 1 fully saturated rings. The van der Waals surface area contributed by atoms with E-state index in [-0.39, 0.29) is 5.91 Å². The minimum absolute atomic E-state index is 0.244. The highest BCUT2D eigenvalue weighted by Crippen LogP contribution is 2.30. The van der Waals surface area contributed by atoms with Crippen LogP contribution >= 0.6 is 0 Å². The molecular formula is C16H18N6O3. The van der Waals surface area contributed by atoms with Crippen molar-refractivity contribution in [1.82, 2.24) is 30.1 Å². The lowest BCUT2D eigenvalue weighted by atomic mass is 9.88. The van der Waals surface area contributed by atoms with Gasteiger partial charge in [0.15, 0.2) is 11.5 Å². The number of amides is 1. The number of aromatic nitrogens is 5. The highest BCUT2D eigenvalue weighted by molar-refractivity contribution is 5.95. The van der Waals surface area contributed by atoms with Gasteiger partial charge in [-0.2, -0.15) is 10.1 Å². The molecule has 0 atom stereocenters. The maximum atomic E-state index is 13.0. The van der Waals surface area contributed by atoms with Crippen LogP contribution < -0.4 is 5.32 Å². The van der Waals surface area contributed by atoms with E-state index in [9.17, 15) is 4.79 Å². The lowest BCUT2D eigenvalue weighted by Crippen LogP contribution is -2.50. The summed E-state index contributed by atoms with van der Waals surface area (Å²) in [6.07, 6.45) is 4.00. The quantitative estimate of drug-likeness (QED) is 0.761. The van der Waals surface area contributed by atoms with Crippen LogP contribution in [-0.4, -0.2) is 43.9 Å². The van der Waals surface area contributed by atoms with E-state index >= 15 is 0 Å². The molecule has 1 aliphatic heterocycles. The van der Waals surface area contributed by atoms with Crippen molar-refractivity contribution < 1.29 is 14.1 Å². The molecule has 1 saturated heterocycles. The topological polar surface area (TPSA) is 107 Å². The van der Waals surface area contributed by atoms with Gasteiger partial charge in [-0.05, 0) is 13.8 Å². The number of carbonyl (C=O) groups is 1. The Hall–Kier alpha value is -2.81. The standard InChI is InChI=1S/C16H18N6O3/c1-10-7-13-17-8-12(11(2)22(13)20-10)14(23)19-16(3-5-24-6-4-16)15-18-9-25-21-15/h7-9H,3-6H2,1-2H3,(H,19,23).